The van der Waals surface area contributed by atoms with Gasteiger partial charge in [0.1, 0.15) is 0 Å². The molecule has 0 spiro atoms. The van der Waals surface area contributed by atoms with Crippen LogP contribution in [0.25, 0.3) is 10.9 Å². The van der Waals surface area contributed by atoms with Gasteiger partial charge in [-0.3, -0.25) is 0 Å². The van der Waals surface area contributed by atoms with E-state index < -0.39 is 5.97 Å². The van der Waals surface area contributed by atoms with Crippen LogP contribution in [0.1, 0.15) is 24.3 Å². The number of thioether (sulfide) groups is 1. The molecule has 0 amide bonds. The number of nitrogens with zero attached hydrogens (tertiary/aromatic N) is 3. The maximum atomic E-state index is 11.3. The second-order valence-corrected chi connectivity index (χ2v) is 5.68. The molecule has 0 aliphatic heterocycles. The number of benzene rings is 1. The number of aromatic nitrogens is 2. The highest BCUT2D eigenvalue weighted by molar-refractivity contribution is 7.99. The van der Waals surface area contributed by atoms with Gasteiger partial charge in [-0.25, -0.2) is 4.79 Å². The van der Waals surface area contributed by atoms with E-state index in [0.717, 1.165) is 36.3 Å². The lowest BCUT2D eigenvalue weighted by Crippen LogP contribution is -2.25. The number of aromatic carboxylic acids is 1. The lowest BCUT2D eigenvalue weighted by atomic mass is 10.2. The molecule has 0 unspecified atom stereocenters. The van der Waals surface area contributed by atoms with E-state index in [1.165, 1.54) is 11.8 Å². The fourth-order valence-corrected chi connectivity index (χ4v) is 3.28. The fraction of sp³-hybridized carbons (Fsp3) is 0.400. The Labute approximate surface area is 128 Å². The van der Waals surface area contributed by atoms with Crippen LogP contribution in [0.5, 0.6) is 0 Å². The number of hydrogen-bond donors (Lipinski definition) is 1. The van der Waals surface area contributed by atoms with Gasteiger partial charge in [0.05, 0.1) is 10.4 Å². The first-order valence-corrected chi connectivity index (χ1v) is 7.99. The third-order valence-corrected chi connectivity index (χ3v) is 4.46. The number of rotatable bonds is 7. The van der Waals surface area contributed by atoms with Gasteiger partial charge in [-0.1, -0.05) is 32.0 Å². The standard InChI is InChI=1S/C15H19N3O2S/c1-3-18(4-2)9-10-21-14-11-7-5-6-8-12(11)16-17-13(14)15(19)20/h5-8H,3-4,9-10H2,1-2H3,(H,19,20). The van der Waals surface area contributed by atoms with E-state index in [2.05, 4.69) is 28.9 Å². The van der Waals surface area contributed by atoms with E-state index in [0.29, 0.717) is 4.90 Å². The monoisotopic (exact) mass is 305 g/mol. The molecular formula is C15H19N3O2S. The minimum absolute atomic E-state index is 0.0400. The van der Waals surface area contributed by atoms with Gasteiger partial charge in [0.15, 0.2) is 5.69 Å². The summed E-state index contributed by atoms with van der Waals surface area (Å²) in [7, 11) is 0. The predicted molar refractivity (Wildman–Crippen MR) is 85.0 cm³/mol. The van der Waals surface area contributed by atoms with Crippen LogP contribution in [0.15, 0.2) is 29.2 Å². The van der Waals surface area contributed by atoms with Gasteiger partial charge in [0, 0.05) is 17.7 Å². The number of carboxylic acids is 1. The molecule has 0 aliphatic rings. The van der Waals surface area contributed by atoms with Gasteiger partial charge in [-0.15, -0.1) is 22.0 Å². The number of carboxylic acid groups (broad SMARTS) is 1. The molecule has 0 saturated carbocycles. The van der Waals surface area contributed by atoms with Crippen LogP contribution in [-0.4, -0.2) is 51.6 Å². The zero-order valence-electron chi connectivity index (χ0n) is 12.2. The Balaban J connectivity index is 2.27. The minimum atomic E-state index is -1.03. The smallest absolute Gasteiger partial charge is 0.357 e. The molecule has 2 aromatic rings. The van der Waals surface area contributed by atoms with Crippen molar-refractivity contribution in [2.45, 2.75) is 18.7 Å². The maximum Gasteiger partial charge on any atom is 0.357 e. The van der Waals surface area contributed by atoms with Crippen molar-refractivity contribution in [3.05, 3.63) is 30.0 Å². The van der Waals surface area contributed by atoms with Gasteiger partial charge in [0.2, 0.25) is 0 Å². The van der Waals surface area contributed by atoms with Gasteiger partial charge >= 0.3 is 5.97 Å². The van der Waals surface area contributed by atoms with Gasteiger partial charge in [-0.05, 0) is 19.2 Å². The average molecular weight is 305 g/mol. The van der Waals surface area contributed by atoms with Crippen LogP contribution in [0, 0.1) is 0 Å². The molecule has 1 aromatic carbocycles. The summed E-state index contributed by atoms with van der Waals surface area (Å²) in [6, 6.07) is 7.52. The summed E-state index contributed by atoms with van der Waals surface area (Å²) in [4.78, 5) is 14.4. The molecule has 0 saturated heterocycles. The van der Waals surface area contributed by atoms with Gasteiger partial charge < -0.3 is 10.0 Å². The Kier molecular flexibility index (Phi) is 5.52. The molecule has 1 aromatic heterocycles. The van der Waals surface area contributed by atoms with E-state index in [4.69, 9.17) is 0 Å². The highest BCUT2D eigenvalue weighted by Gasteiger charge is 2.17. The topological polar surface area (TPSA) is 66.3 Å². The van der Waals surface area contributed by atoms with E-state index >= 15 is 0 Å². The zero-order chi connectivity index (χ0) is 15.2. The molecule has 5 nitrogen and oxygen atoms in total. The van der Waals surface area contributed by atoms with Crippen molar-refractivity contribution in [2.24, 2.45) is 0 Å². The number of carbonyl (C=O) groups is 1. The quantitative estimate of drug-likeness (QED) is 0.793. The van der Waals surface area contributed by atoms with Crippen molar-refractivity contribution < 1.29 is 9.90 Å². The highest BCUT2D eigenvalue weighted by atomic mass is 32.2. The Morgan fingerprint density at radius 3 is 2.62 bits per heavy atom. The summed E-state index contributed by atoms with van der Waals surface area (Å²) < 4.78 is 0. The van der Waals surface area contributed by atoms with E-state index in [1.54, 1.807) is 0 Å². The molecule has 112 valence electrons. The fourth-order valence-electron chi connectivity index (χ4n) is 2.13. The molecule has 0 aliphatic carbocycles. The zero-order valence-corrected chi connectivity index (χ0v) is 13.1. The molecular weight excluding hydrogens is 286 g/mol. The molecule has 1 N–H and O–H groups in total. The summed E-state index contributed by atoms with van der Waals surface area (Å²) in [5, 5.41) is 18.0. The molecule has 6 heteroatoms. The molecule has 21 heavy (non-hydrogen) atoms. The van der Waals surface area contributed by atoms with E-state index in [1.807, 2.05) is 24.3 Å². The minimum Gasteiger partial charge on any atom is -0.476 e. The predicted octanol–water partition coefficient (Wildman–Crippen LogP) is 2.76. The van der Waals surface area contributed by atoms with Crippen LogP contribution >= 0.6 is 11.8 Å². The van der Waals surface area contributed by atoms with Gasteiger partial charge in [-0.2, -0.15) is 0 Å². The lowest BCUT2D eigenvalue weighted by Gasteiger charge is -2.17. The van der Waals surface area contributed by atoms with Crippen molar-refractivity contribution >= 4 is 28.6 Å². The van der Waals surface area contributed by atoms with Crippen LogP contribution in [0.2, 0.25) is 0 Å². The molecule has 2 rings (SSSR count). The first-order chi connectivity index (χ1) is 10.2. The first kappa shape index (κ1) is 15.7. The first-order valence-electron chi connectivity index (χ1n) is 7.01. The normalized spacial score (nSPS) is 11.2. The largest absolute Gasteiger partial charge is 0.476 e. The summed E-state index contributed by atoms with van der Waals surface area (Å²) in [6.07, 6.45) is 0. The molecule has 0 radical (unpaired) electrons. The van der Waals surface area contributed by atoms with Crippen molar-refractivity contribution in [2.75, 3.05) is 25.4 Å². The highest BCUT2D eigenvalue weighted by Crippen LogP contribution is 2.29. The van der Waals surface area contributed by atoms with Crippen molar-refractivity contribution in [3.63, 3.8) is 0 Å². The van der Waals surface area contributed by atoms with Crippen molar-refractivity contribution in [1.29, 1.82) is 0 Å². The Morgan fingerprint density at radius 2 is 1.95 bits per heavy atom. The van der Waals surface area contributed by atoms with Crippen LogP contribution in [0.4, 0.5) is 0 Å². The van der Waals surface area contributed by atoms with Gasteiger partial charge in [0.25, 0.3) is 0 Å². The number of hydrogen-bond acceptors (Lipinski definition) is 5. The average Bonchev–Trinajstić information content (AvgIpc) is 2.51. The SMILES string of the molecule is CCN(CC)CCSc1c(C(=O)O)nnc2ccccc12. The third-order valence-electron chi connectivity index (χ3n) is 3.37. The van der Waals surface area contributed by atoms with Crippen LogP contribution in [-0.2, 0) is 0 Å². The Bertz CT molecular complexity index is 629. The summed E-state index contributed by atoms with van der Waals surface area (Å²) in [5.74, 6) is -0.198. The second-order valence-electron chi connectivity index (χ2n) is 4.58. The lowest BCUT2D eigenvalue weighted by molar-refractivity contribution is 0.0685. The number of fused-ring (bicyclic) bond motifs is 1. The van der Waals surface area contributed by atoms with Crippen molar-refractivity contribution in [1.82, 2.24) is 15.1 Å². The van der Waals surface area contributed by atoms with Crippen LogP contribution in [0.3, 0.4) is 0 Å². The molecule has 1 heterocycles. The second kappa shape index (κ2) is 7.38. The maximum absolute atomic E-state index is 11.3. The molecule has 0 fully saturated rings. The van der Waals surface area contributed by atoms with Crippen LogP contribution < -0.4 is 0 Å². The van der Waals surface area contributed by atoms with E-state index in [9.17, 15) is 9.90 Å². The Morgan fingerprint density at radius 1 is 1.24 bits per heavy atom. The summed E-state index contributed by atoms with van der Waals surface area (Å²) >= 11 is 1.54. The molecule has 0 bridgehead atoms. The van der Waals surface area contributed by atoms with Crippen molar-refractivity contribution in [3.8, 4) is 0 Å². The summed E-state index contributed by atoms with van der Waals surface area (Å²) in [6.45, 7) is 7.17. The van der Waals surface area contributed by atoms with E-state index in [-0.39, 0.29) is 5.69 Å². The summed E-state index contributed by atoms with van der Waals surface area (Å²) in [5.41, 5.74) is 0.770. The third kappa shape index (κ3) is 3.71. The molecule has 0 atom stereocenters. The Hall–Kier alpha value is -1.66.